The predicted octanol–water partition coefficient (Wildman–Crippen LogP) is 3.05. The van der Waals surface area contributed by atoms with Crippen molar-refractivity contribution in [3.05, 3.63) is 34.9 Å². The molecule has 1 aromatic carbocycles. The molecule has 90 valence electrons. The Bertz CT molecular complexity index is 321. The number of rotatable bonds is 6. The molecule has 0 saturated heterocycles. The van der Waals surface area contributed by atoms with Crippen molar-refractivity contribution in [2.75, 3.05) is 13.2 Å². The van der Waals surface area contributed by atoms with Gasteiger partial charge in [0.05, 0.1) is 6.10 Å². The second-order valence-corrected chi connectivity index (χ2v) is 3.70. The molecule has 1 N–H and O–H groups in total. The Balaban J connectivity index is 2.35. The van der Waals surface area contributed by atoms with Crippen molar-refractivity contribution in [1.82, 2.24) is 0 Å². The van der Waals surface area contributed by atoms with Crippen molar-refractivity contribution >= 4 is 11.6 Å². The first-order chi connectivity index (χ1) is 7.61. The predicted molar refractivity (Wildman–Crippen MR) is 57.9 cm³/mol. The number of aliphatic hydroxyl groups is 1. The number of hydrogen-bond donors (Lipinski definition) is 1. The van der Waals surface area contributed by atoms with Gasteiger partial charge in [-0.3, -0.25) is 0 Å². The van der Waals surface area contributed by atoms with Gasteiger partial charge in [-0.2, -0.15) is 0 Å². The molecule has 0 saturated carbocycles. The van der Waals surface area contributed by atoms with Crippen LogP contribution in [-0.4, -0.2) is 24.7 Å². The molecule has 0 fully saturated rings. The molecular weight excluding hydrogens is 238 g/mol. The van der Waals surface area contributed by atoms with E-state index in [-0.39, 0.29) is 13.0 Å². The van der Waals surface area contributed by atoms with Crippen molar-refractivity contribution in [2.45, 2.75) is 19.0 Å². The highest BCUT2D eigenvalue weighted by molar-refractivity contribution is 6.31. The molecule has 5 heteroatoms. The maximum atomic E-state index is 11.7. The average molecular weight is 251 g/mol. The van der Waals surface area contributed by atoms with Crippen molar-refractivity contribution in [3.8, 4) is 0 Å². The van der Waals surface area contributed by atoms with Gasteiger partial charge in [0, 0.05) is 18.1 Å². The normalized spacial score (nSPS) is 13.1. The minimum Gasteiger partial charge on any atom is -0.388 e. The molecule has 1 aromatic rings. The van der Waals surface area contributed by atoms with Crippen LogP contribution in [0, 0.1) is 0 Å². The Morgan fingerprint density at radius 3 is 2.62 bits per heavy atom. The molecule has 0 amide bonds. The van der Waals surface area contributed by atoms with Crippen molar-refractivity contribution in [3.63, 3.8) is 0 Å². The zero-order valence-electron chi connectivity index (χ0n) is 8.57. The zero-order valence-corrected chi connectivity index (χ0v) is 9.33. The lowest BCUT2D eigenvalue weighted by molar-refractivity contribution is 0.00482. The number of ether oxygens (including phenoxy) is 1. The summed E-state index contributed by atoms with van der Waals surface area (Å²) >= 11 is 5.86. The Kier molecular flexibility index (Phi) is 5.66. The molecule has 0 spiro atoms. The third-order valence-corrected chi connectivity index (χ3v) is 2.39. The minimum atomic E-state index is -2.47. The lowest BCUT2D eigenvalue weighted by atomic mass is 10.1. The van der Waals surface area contributed by atoms with E-state index in [0.717, 1.165) is 0 Å². The highest BCUT2D eigenvalue weighted by Gasteiger charge is 2.11. The van der Waals surface area contributed by atoms with Gasteiger partial charge in [0.2, 0.25) is 0 Å². The van der Waals surface area contributed by atoms with Crippen LogP contribution in [0.3, 0.4) is 0 Å². The van der Waals surface area contributed by atoms with E-state index in [1.165, 1.54) is 0 Å². The van der Waals surface area contributed by atoms with Crippen LogP contribution < -0.4 is 0 Å². The fourth-order valence-electron chi connectivity index (χ4n) is 1.27. The van der Waals surface area contributed by atoms with Gasteiger partial charge in [-0.25, -0.2) is 8.78 Å². The van der Waals surface area contributed by atoms with E-state index in [2.05, 4.69) is 4.74 Å². The summed E-state index contributed by atoms with van der Waals surface area (Å²) in [7, 11) is 0. The summed E-state index contributed by atoms with van der Waals surface area (Å²) in [5.74, 6) is 0. The number of halogens is 3. The molecule has 1 unspecified atom stereocenters. The molecule has 16 heavy (non-hydrogen) atoms. The van der Waals surface area contributed by atoms with Crippen molar-refractivity contribution < 1.29 is 18.6 Å². The SMILES string of the molecule is OC(CCOCC(F)F)c1ccccc1Cl. The summed E-state index contributed by atoms with van der Waals surface area (Å²) in [6, 6.07) is 6.87. The Hall–Kier alpha value is -0.710. The van der Waals surface area contributed by atoms with Gasteiger partial charge in [-0.05, 0) is 11.6 Å². The fourth-order valence-corrected chi connectivity index (χ4v) is 1.53. The van der Waals surface area contributed by atoms with Gasteiger partial charge in [0.15, 0.2) is 0 Å². The number of benzene rings is 1. The smallest absolute Gasteiger partial charge is 0.261 e. The van der Waals surface area contributed by atoms with Gasteiger partial charge in [-0.1, -0.05) is 29.8 Å². The first kappa shape index (κ1) is 13.4. The number of hydrogen-bond acceptors (Lipinski definition) is 2. The molecule has 2 nitrogen and oxygen atoms in total. The van der Waals surface area contributed by atoms with E-state index < -0.39 is 19.1 Å². The molecule has 0 radical (unpaired) electrons. The van der Waals surface area contributed by atoms with Crippen LogP contribution in [0.15, 0.2) is 24.3 Å². The quantitative estimate of drug-likeness (QED) is 0.787. The van der Waals surface area contributed by atoms with Gasteiger partial charge < -0.3 is 9.84 Å². The van der Waals surface area contributed by atoms with Crippen LogP contribution in [-0.2, 0) is 4.74 Å². The van der Waals surface area contributed by atoms with Crippen LogP contribution in [0.25, 0.3) is 0 Å². The van der Waals surface area contributed by atoms with E-state index >= 15 is 0 Å². The summed E-state index contributed by atoms with van der Waals surface area (Å²) in [5, 5.41) is 10.2. The lowest BCUT2D eigenvalue weighted by Gasteiger charge is -2.12. The summed E-state index contributed by atoms with van der Waals surface area (Å²) in [4.78, 5) is 0. The topological polar surface area (TPSA) is 29.5 Å². The minimum absolute atomic E-state index is 0.0801. The first-order valence-corrected chi connectivity index (χ1v) is 5.27. The average Bonchev–Trinajstić information content (AvgIpc) is 2.24. The fraction of sp³-hybridized carbons (Fsp3) is 0.455. The van der Waals surface area contributed by atoms with Gasteiger partial charge >= 0.3 is 0 Å². The van der Waals surface area contributed by atoms with E-state index in [0.29, 0.717) is 10.6 Å². The molecule has 0 aliphatic carbocycles. The van der Waals surface area contributed by atoms with Crippen LogP contribution in [0.2, 0.25) is 5.02 Å². The number of alkyl halides is 2. The third-order valence-electron chi connectivity index (χ3n) is 2.04. The Morgan fingerprint density at radius 1 is 1.31 bits per heavy atom. The summed E-state index contributed by atoms with van der Waals surface area (Å²) in [6.45, 7) is -0.522. The third kappa shape index (κ3) is 4.43. The Labute approximate surface area is 97.8 Å². The monoisotopic (exact) mass is 250 g/mol. The maximum Gasteiger partial charge on any atom is 0.261 e. The van der Waals surface area contributed by atoms with Crippen LogP contribution >= 0.6 is 11.6 Å². The van der Waals surface area contributed by atoms with Gasteiger partial charge in [0.25, 0.3) is 6.43 Å². The highest BCUT2D eigenvalue weighted by Crippen LogP contribution is 2.24. The Morgan fingerprint density at radius 2 is 2.00 bits per heavy atom. The van der Waals surface area contributed by atoms with Crippen molar-refractivity contribution in [2.24, 2.45) is 0 Å². The molecule has 0 aliphatic rings. The van der Waals surface area contributed by atoms with E-state index in [4.69, 9.17) is 11.6 Å². The van der Waals surface area contributed by atoms with Gasteiger partial charge in [0.1, 0.15) is 6.61 Å². The number of aliphatic hydroxyl groups excluding tert-OH is 1. The second-order valence-electron chi connectivity index (χ2n) is 3.29. The zero-order chi connectivity index (χ0) is 12.0. The molecule has 0 aliphatic heterocycles. The molecule has 1 rings (SSSR count). The maximum absolute atomic E-state index is 11.7. The molecular formula is C11H13ClF2O2. The highest BCUT2D eigenvalue weighted by atomic mass is 35.5. The summed E-state index contributed by atoms with van der Waals surface area (Å²) < 4.78 is 28.1. The molecule has 0 heterocycles. The summed E-state index contributed by atoms with van der Waals surface area (Å²) in [5.41, 5.74) is 0.588. The summed E-state index contributed by atoms with van der Waals surface area (Å²) in [6.07, 6.45) is -3.01. The van der Waals surface area contributed by atoms with Crippen molar-refractivity contribution in [1.29, 1.82) is 0 Å². The molecule has 0 aromatic heterocycles. The lowest BCUT2D eigenvalue weighted by Crippen LogP contribution is -2.08. The molecule has 0 bridgehead atoms. The first-order valence-electron chi connectivity index (χ1n) is 4.89. The second kappa shape index (κ2) is 6.78. The van der Waals surface area contributed by atoms with Crippen LogP contribution in [0.4, 0.5) is 8.78 Å². The molecule has 1 atom stereocenters. The largest absolute Gasteiger partial charge is 0.388 e. The van der Waals surface area contributed by atoms with E-state index in [9.17, 15) is 13.9 Å². The van der Waals surface area contributed by atoms with E-state index in [1.54, 1.807) is 24.3 Å². The van der Waals surface area contributed by atoms with Crippen LogP contribution in [0.1, 0.15) is 18.1 Å². The van der Waals surface area contributed by atoms with Gasteiger partial charge in [-0.15, -0.1) is 0 Å². The standard InChI is InChI=1S/C11H13ClF2O2/c12-9-4-2-1-3-8(9)10(15)5-6-16-7-11(13)14/h1-4,10-11,15H,5-7H2. The van der Waals surface area contributed by atoms with E-state index in [1.807, 2.05) is 0 Å². The van der Waals surface area contributed by atoms with Crippen LogP contribution in [0.5, 0.6) is 0 Å².